The summed E-state index contributed by atoms with van der Waals surface area (Å²) in [6, 6.07) is 4.42. The number of carbonyl (C=O) groups is 1. The summed E-state index contributed by atoms with van der Waals surface area (Å²) in [6.45, 7) is 7.34. The summed E-state index contributed by atoms with van der Waals surface area (Å²) in [5, 5.41) is 13.9. The summed E-state index contributed by atoms with van der Waals surface area (Å²) in [6.07, 6.45) is -0.0954. The van der Waals surface area contributed by atoms with Crippen molar-refractivity contribution in [3.63, 3.8) is 0 Å². The number of nitro groups is 1. The van der Waals surface area contributed by atoms with Crippen LogP contribution in [0.4, 0.5) is 11.4 Å². The van der Waals surface area contributed by atoms with Crippen LogP contribution in [0.3, 0.4) is 0 Å². The van der Waals surface area contributed by atoms with Crippen LogP contribution in [0.15, 0.2) is 18.2 Å². The second kappa shape index (κ2) is 6.43. The fourth-order valence-corrected chi connectivity index (χ4v) is 1.54. The van der Waals surface area contributed by atoms with E-state index in [9.17, 15) is 14.9 Å². The Labute approximate surface area is 123 Å². The van der Waals surface area contributed by atoms with E-state index in [4.69, 9.17) is 10.5 Å². The van der Waals surface area contributed by atoms with Gasteiger partial charge in [0.25, 0.3) is 5.69 Å². The number of ether oxygens (including phenoxy) is 1. The molecule has 0 bridgehead atoms. The van der Waals surface area contributed by atoms with Gasteiger partial charge >= 0.3 is 0 Å². The van der Waals surface area contributed by atoms with Gasteiger partial charge in [0.05, 0.1) is 22.5 Å². The fraction of sp³-hybridized carbons (Fsp3) is 0.500. The molecule has 0 atom stereocenters. The maximum absolute atomic E-state index is 11.3. The maximum atomic E-state index is 11.3. The van der Waals surface area contributed by atoms with Crippen LogP contribution in [-0.4, -0.2) is 23.5 Å². The number of nitro benzene ring substituents is 1. The van der Waals surface area contributed by atoms with Crippen molar-refractivity contribution in [2.45, 2.75) is 33.8 Å². The van der Waals surface area contributed by atoms with Gasteiger partial charge in [0.2, 0.25) is 5.91 Å². The number of carbonyl (C=O) groups excluding carboxylic acids is 1. The third kappa shape index (κ3) is 4.94. The number of hydrogen-bond donors (Lipinski definition) is 2. The molecule has 1 aromatic carbocycles. The smallest absolute Gasteiger partial charge is 0.275 e. The number of nitrogens with one attached hydrogen (secondary N) is 1. The third-order valence-electron chi connectivity index (χ3n) is 2.88. The number of anilines is 1. The highest BCUT2D eigenvalue weighted by molar-refractivity contribution is 5.80. The molecule has 0 aliphatic rings. The van der Waals surface area contributed by atoms with E-state index in [0.717, 1.165) is 0 Å². The average molecular weight is 295 g/mol. The van der Waals surface area contributed by atoms with Crippen LogP contribution < -0.4 is 15.8 Å². The Morgan fingerprint density at radius 1 is 1.43 bits per heavy atom. The quantitative estimate of drug-likeness (QED) is 0.592. The van der Waals surface area contributed by atoms with Gasteiger partial charge in [0.15, 0.2) is 0 Å². The second-order valence-corrected chi connectivity index (χ2v) is 5.74. The lowest BCUT2D eigenvalue weighted by molar-refractivity contribution is -0.384. The largest absolute Gasteiger partial charge is 0.491 e. The molecule has 1 rings (SSSR count). The molecule has 0 radical (unpaired) electrons. The number of amides is 1. The Bertz CT molecular complexity index is 541. The lowest BCUT2D eigenvalue weighted by atomic mass is 9.92. The zero-order valence-electron chi connectivity index (χ0n) is 12.7. The van der Waals surface area contributed by atoms with Gasteiger partial charge in [-0.3, -0.25) is 14.9 Å². The molecule has 3 N–H and O–H groups in total. The normalized spacial score (nSPS) is 11.3. The molecule has 0 spiro atoms. The van der Waals surface area contributed by atoms with E-state index in [-0.39, 0.29) is 18.3 Å². The van der Waals surface area contributed by atoms with Crippen LogP contribution in [0.25, 0.3) is 0 Å². The first-order valence-electron chi connectivity index (χ1n) is 6.62. The summed E-state index contributed by atoms with van der Waals surface area (Å²) in [4.78, 5) is 21.7. The molecule has 0 heterocycles. The molecule has 0 aliphatic carbocycles. The number of nitrogens with two attached hydrogens (primary N) is 1. The number of benzene rings is 1. The van der Waals surface area contributed by atoms with Gasteiger partial charge in [-0.25, -0.2) is 0 Å². The van der Waals surface area contributed by atoms with Crippen LogP contribution in [0.5, 0.6) is 5.75 Å². The van der Waals surface area contributed by atoms with Crippen molar-refractivity contribution >= 4 is 17.3 Å². The average Bonchev–Trinajstić information content (AvgIpc) is 2.35. The minimum Gasteiger partial charge on any atom is -0.491 e. The van der Waals surface area contributed by atoms with E-state index in [2.05, 4.69) is 5.32 Å². The first kappa shape index (κ1) is 16.7. The van der Waals surface area contributed by atoms with Crippen molar-refractivity contribution in [3.05, 3.63) is 28.3 Å². The Balaban J connectivity index is 2.98. The monoisotopic (exact) mass is 295 g/mol. The highest BCUT2D eigenvalue weighted by Crippen LogP contribution is 2.27. The SMILES string of the molecule is CC(C)Oc1cc(NCC(C)(C)C(N)=O)cc([N+](=O)[O-])c1. The molecule has 1 amide bonds. The standard InChI is InChI=1S/C14H21N3O4/c1-9(2)21-12-6-10(5-11(7-12)17(19)20)16-8-14(3,4)13(15)18/h5-7,9,16H,8H2,1-4H3,(H2,15,18). The van der Waals surface area contributed by atoms with E-state index >= 15 is 0 Å². The first-order chi connectivity index (χ1) is 9.61. The van der Waals surface area contributed by atoms with E-state index in [0.29, 0.717) is 11.4 Å². The zero-order chi connectivity index (χ0) is 16.2. The van der Waals surface area contributed by atoms with Gasteiger partial charge < -0.3 is 15.8 Å². The van der Waals surface area contributed by atoms with Crippen molar-refractivity contribution in [1.29, 1.82) is 0 Å². The van der Waals surface area contributed by atoms with Crippen LogP contribution in [0, 0.1) is 15.5 Å². The van der Waals surface area contributed by atoms with Crippen LogP contribution in [-0.2, 0) is 4.79 Å². The molecule has 21 heavy (non-hydrogen) atoms. The van der Waals surface area contributed by atoms with E-state index in [1.54, 1.807) is 19.9 Å². The topological polar surface area (TPSA) is 107 Å². The molecule has 0 aromatic heterocycles. The summed E-state index contributed by atoms with van der Waals surface area (Å²) in [7, 11) is 0. The van der Waals surface area contributed by atoms with E-state index < -0.39 is 16.2 Å². The van der Waals surface area contributed by atoms with Crippen LogP contribution in [0.1, 0.15) is 27.7 Å². The molecule has 0 saturated carbocycles. The number of nitrogens with zero attached hydrogens (tertiary/aromatic N) is 1. The lowest BCUT2D eigenvalue weighted by Crippen LogP contribution is -2.37. The number of rotatable bonds is 7. The van der Waals surface area contributed by atoms with Gasteiger partial charge in [-0.15, -0.1) is 0 Å². The van der Waals surface area contributed by atoms with Crippen LogP contribution >= 0.6 is 0 Å². The molecule has 7 nitrogen and oxygen atoms in total. The highest BCUT2D eigenvalue weighted by Gasteiger charge is 2.24. The summed E-state index contributed by atoms with van der Waals surface area (Å²) >= 11 is 0. The number of non-ortho nitro benzene ring substituents is 1. The van der Waals surface area contributed by atoms with Gasteiger partial charge in [-0.2, -0.15) is 0 Å². The molecule has 0 fully saturated rings. The van der Waals surface area contributed by atoms with Gasteiger partial charge in [0, 0.05) is 24.4 Å². The zero-order valence-corrected chi connectivity index (χ0v) is 12.7. The highest BCUT2D eigenvalue weighted by atomic mass is 16.6. The summed E-state index contributed by atoms with van der Waals surface area (Å²) in [5.41, 5.74) is 4.97. The lowest BCUT2D eigenvalue weighted by Gasteiger charge is -2.21. The number of primary amides is 1. The van der Waals surface area contributed by atoms with Crippen molar-refractivity contribution in [1.82, 2.24) is 0 Å². The molecule has 0 aliphatic heterocycles. The van der Waals surface area contributed by atoms with Crippen molar-refractivity contribution in [2.24, 2.45) is 11.1 Å². The third-order valence-corrected chi connectivity index (χ3v) is 2.88. The fourth-order valence-electron chi connectivity index (χ4n) is 1.54. The number of hydrogen-bond acceptors (Lipinski definition) is 5. The van der Waals surface area contributed by atoms with Gasteiger partial charge in [-0.05, 0) is 27.7 Å². The maximum Gasteiger partial charge on any atom is 0.275 e. The van der Waals surface area contributed by atoms with Crippen molar-refractivity contribution < 1.29 is 14.5 Å². The van der Waals surface area contributed by atoms with Crippen molar-refractivity contribution in [2.75, 3.05) is 11.9 Å². The van der Waals surface area contributed by atoms with E-state index in [1.807, 2.05) is 13.8 Å². The summed E-state index contributed by atoms with van der Waals surface area (Å²) < 4.78 is 5.49. The van der Waals surface area contributed by atoms with E-state index in [1.165, 1.54) is 12.1 Å². The van der Waals surface area contributed by atoms with Crippen molar-refractivity contribution in [3.8, 4) is 5.75 Å². The Kier molecular flexibility index (Phi) is 5.12. The van der Waals surface area contributed by atoms with Gasteiger partial charge in [-0.1, -0.05) is 0 Å². The second-order valence-electron chi connectivity index (χ2n) is 5.74. The van der Waals surface area contributed by atoms with Crippen LogP contribution in [0.2, 0.25) is 0 Å². The first-order valence-corrected chi connectivity index (χ1v) is 6.62. The predicted octanol–water partition coefficient (Wildman–Crippen LogP) is 2.31. The molecular weight excluding hydrogens is 274 g/mol. The van der Waals surface area contributed by atoms with Gasteiger partial charge in [0.1, 0.15) is 5.75 Å². The molecule has 1 aromatic rings. The Hall–Kier alpha value is -2.31. The Morgan fingerprint density at radius 3 is 2.52 bits per heavy atom. The minimum absolute atomic E-state index is 0.0764. The minimum atomic E-state index is -0.760. The molecule has 0 unspecified atom stereocenters. The molecule has 7 heteroatoms. The molecule has 116 valence electrons. The molecular formula is C14H21N3O4. The molecule has 0 saturated heterocycles. The predicted molar refractivity (Wildman–Crippen MR) is 80.3 cm³/mol. The summed E-state index contributed by atoms with van der Waals surface area (Å²) in [5.74, 6) is -0.0438. The Morgan fingerprint density at radius 2 is 2.05 bits per heavy atom.